The van der Waals surface area contributed by atoms with E-state index in [0.29, 0.717) is 16.3 Å². The van der Waals surface area contributed by atoms with Crippen LogP contribution in [0.3, 0.4) is 0 Å². The van der Waals surface area contributed by atoms with Gasteiger partial charge in [0.15, 0.2) is 5.78 Å². The molecule has 2 rings (SSSR count). The predicted octanol–water partition coefficient (Wildman–Crippen LogP) is 3.15. The van der Waals surface area contributed by atoms with Crippen LogP contribution in [-0.4, -0.2) is 10.8 Å². The summed E-state index contributed by atoms with van der Waals surface area (Å²) in [4.78, 5) is 15.1. The lowest BCUT2D eigenvalue weighted by molar-refractivity contribution is 0.101. The summed E-state index contributed by atoms with van der Waals surface area (Å²) in [6.07, 6.45) is 0. The molecule has 0 saturated heterocycles. The van der Waals surface area contributed by atoms with Crippen LogP contribution in [0.5, 0.6) is 0 Å². The van der Waals surface area contributed by atoms with Gasteiger partial charge in [-0.05, 0) is 12.1 Å². The van der Waals surface area contributed by atoms with Crippen LogP contribution in [0, 0.1) is 5.82 Å². The minimum Gasteiger partial charge on any atom is -0.293 e. The molecule has 0 N–H and O–H groups in total. The topological polar surface area (TPSA) is 30.0 Å². The van der Waals surface area contributed by atoms with Crippen LogP contribution in [0.2, 0.25) is 0 Å². The number of halogens is 1. The minimum atomic E-state index is -0.318. The normalized spacial score (nSPS) is 10.3. The molecule has 0 unspecified atom stereocenters. The van der Waals surface area contributed by atoms with Crippen LogP contribution in [0.25, 0.3) is 10.6 Å². The molecule has 1 heterocycles. The van der Waals surface area contributed by atoms with Crippen molar-refractivity contribution in [2.45, 2.75) is 6.92 Å². The Labute approximate surface area is 90.4 Å². The third-order valence-corrected chi connectivity index (χ3v) is 2.84. The number of rotatable bonds is 2. The fraction of sp³-hybridized carbons (Fsp3) is 0.0909. The van der Waals surface area contributed by atoms with Crippen molar-refractivity contribution in [1.82, 2.24) is 4.98 Å². The number of aromatic nitrogens is 1. The Morgan fingerprint density at radius 3 is 2.73 bits per heavy atom. The molecule has 0 amide bonds. The van der Waals surface area contributed by atoms with Crippen molar-refractivity contribution in [2.75, 3.05) is 0 Å². The SMILES string of the molecule is CC(=O)c1csc(-c2ccccc2F)n1. The van der Waals surface area contributed by atoms with Crippen LogP contribution < -0.4 is 0 Å². The minimum absolute atomic E-state index is 0.103. The molecule has 0 saturated carbocycles. The number of hydrogen-bond donors (Lipinski definition) is 0. The van der Waals surface area contributed by atoms with Gasteiger partial charge in [-0.1, -0.05) is 12.1 Å². The van der Waals surface area contributed by atoms with Gasteiger partial charge >= 0.3 is 0 Å². The molecule has 0 radical (unpaired) electrons. The molecule has 1 aromatic carbocycles. The number of carbonyl (C=O) groups excluding carboxylic acids is 1. The quantitative estimate of drug-likeness (QED) is 0.729. The Hall–Kier alpha value is -1.55. The summed E-state index contributed by atoms with van der Waals surface area (Å²) in [5.41, 5.74) is 0.827. The zero-order valence-electron chi connectivity index (χ0n) is 8.03. The van der Waals surface area contributed by atoms with E-state index < -0.39 is 0 Å². The average Bonchev–Trinajstić information content (AvgIpc) is 2.67. The Bertz CT molecular complexity index is 507. The second-order valence-corrected chi connectivity index (χ2v) is 3.93. The van der Waals surface area contributed by atoms with Gasteiger partial charge in [-0.15, -0.1) is 11.3 Å². The molecule has 0 atom stereocenters. The summed E-state index contributed by atoms with van der Waals surface area (Å²) in [7, 11) is 0. The molecule has 2 nitrogen and oxygen atoms in total. The highest BCUT2D eigenvalue weighted by molar-refractivity contribution is 7.13. The van der Waals surface area contributed by atoms with Crippen LogP contribution in [-0.2, 0) is 0 Å². The molecule has 0 fully saturated rings. The molecule has 4 heteroatoms. The standard InChI is InChI=1S/C11H8FNOS/c1-7(14)10-6-15-11(13-10)8-4-2-3-5-9(8)12/h2-6H,1H3. The van der Waals surface area contributed by atoms with Crippen LogP contribution in [0.4, 0.5) is 4.39 Å². The van der Waals surface area contributed by atoms with E-state index in [0.717, 1.165) is 0 Å². The van der Waals surface area contributed by atoms with Gasteiger partial charge in [-0.2, -0.15) is 0 Å². The lowest BCUT2D eigenvalue weighted by atomic mass is 10.2. The Morgan fingerprint density at radius 2 is 2.13 bits per heavy atom. The largest absolute Gasteiger partial charge is 0.293 e. The van der Waals surface area contributed by atoms with E-state index in [9.17, 15) is 9.18 Å². The second kappa shape index (κ2) is 3.90. The Morgan fingerprint density at radius 1 is 1.40 bits per heavy atom. The lowest BCUT2D eigenvalue weighted by Crippen LogP contribution is -1.91. The van der Waals surface area contributed by atoms with E-state index in [1.54, 1.807) is 23.6 Å². The number of benzene rings is 1. The van der Waals surface area contributed by atoms with Crippen LogP contribution in [0.1, 0.15) is 17.4 Å². The maximum Gasteiger partial charge on any atom is 0.178 e. The molecule has 15 heavy (non-hydrogen) atoms. The smallest absolute Gasteiger partial charge is 0.178 e. The highest BCUT2D eigenvalue weighted by Crippen LogP contribution is 2.25. The van der Waals surface area contributed by atoms with Crippen molar-refractivity contribution in [3.05, 3.63) is 41.2 Å². The average molecular weight is 221 g/mol. The molecule has 0 bridgehead atoms. The molecule has 0 spiro atoms. The highest BCUT2D eigenvalue weighted by Gasteiger charge is 2.10. The molecular weight excluding hydrogens is 213 g/mol. The molecule has 0 aliphatic rings. The van der Waals surface area contributed by atoms with Crippen LogP contribution in [0.15, 0.2) is 29.6 Å². The molecule has 1 aromatic heterocycles. The maximum absolute atomic E-state index is 13.4. The van der Waals surface area contributed by atoms with Crippen molar-refractivity contribution in [2.24, 2.45) is 0 Å². The van der Waals surface area contributed by atoms with E-state index in [4.69, 9.17) is 0 Å². The van der Waals surface area contributed by atoms with Gasteiger partial charge in [0.2, 0.25) is 0 Å². The van der Waals surface area contributed by atoms with Gasteiger partial charge in [0.1, 0.15) is 16.5 Å². The number of ketones is 1. The summed E-state index contributed by atoms with van der Waals surface area (Å²) in [6.45, 7) is 1.44. The summed E-state index contributed by atoms with van der Waals surface area (Å²) >= 11 is 1.27. The monoisotopic (exact) mass is 221 g/mol. The van der Waals surface area contributed by atoms with Crippen molar-refractivity contribution in [3.63, 3.8) is 0 Å². The fourth-order valence-electron chi connectivity index (χ4n) is 1.19. The number of thiazole rings is 1. The summed E-state index contributed by atoms with van der Waals surface area (Å²) in [5.74, 6) is -0.421. The first kappa shape index (κ1) is 9.98. The zero-order chi connectivity index (χ0) is 10.8. The van der Waals surface area contributed by atoms with Crippen LogP contribution >= 0.6 is 11.3 Å². The van der Waals surface area contributed by atoms with E-state index in [1.165, 1.54) is 24.3 Å². The van der Waals surface area contributed by atoms with Crippen molar-refractivity contribution >= 4 is 17.1 Å². The van der Waals surface area contributed by atoms with Gasteiger partial charge in [0.25, 0.3) is 0 Å². The summed E-state index contributed by atoms with van der Waals surface area (Å²) in [6, 6.07) is 6.40. The first-order chi connectivity index (χ1) is 7.18. The third-order valence-electron chi connectivity index (χ3n) is 1.97. The number of carbonyl (C=O) groups is 1. The molecule has 76 valence electrons. The van der Waals surface area contributed by atoms with Crippen molar-refractivity contribution in [1.29, 1.82) is 0 Å². The van der Waals surface area contributed by atoms with E-state index in [2.05, 4.69) is 4.98 Å². The van der Waals surface area contributed by atoms with E-state index in [-0.39, 0.29) is 11.6 Å². The Kier molecular flexibility index (Phi) is 2.60. The number of nitrogens with zero attached hydrogens (tertiary/aromatic N) is 1. The summed E-state index contributed by atoms with van der Waals surface area (Å²) < 4.78 is 13.4. The first-order valence-electron chi connectivity index (χ1n) is 4.40. The third kappa shape index (κ3) is 1.94. The molecule has 0 aliphatic heterocycles. The zero-order valence-corrected chi connectivity index (χ0v) is 8.84. The van der Waals surface area contributed by atoms with Gasteiger partial charge in [-0.25, -0.2) is 9.37 Å². The van der Waals surface area contributed by atoms with Gasteiger partial charge < -0.3 is 0 Å². The van der Waals surface area contributed by atoms with Gasteiger partial charge in [-0.3, -0.25) is 4.79 Å². The number of hydrogen-bond acceptors (Lipinski definition) is 3. The lowest BCUT2D eigenvalue weighted by Gasteiger charge is -1.96. The summed E-state index contributed by atoms with van der Waals surface area (Å²) in [5, 5.41) is 2.18. The van der Waals surface area contributed by atoms with Gasteiger partial charge in [0.05, 0.1) is 0 Å². The van der Waals surface area contributed by atoms with Crippen molar-refractivity contribution < 1.29 is 9.18 Å². The van der Waals surface area contributed by atoms with E-state index >= 15 is 0 Å². The second-order valence-electron chi connectivity index (χ2n) is 3.07. The fourth-order valence-corrected chi connectivity index (χ4v) is 2.08. The predicted molar refractivity (Wildman–Crippen MR) is 57.5 cm³/mol. The maximum atomic E-state index is 13.4. The van der Waals surface area contributed by atoms with E-state index in [1.807, 2.05) is 0 Å². The Balaban J connectivity index is 2.46. The molecular formula is C11H8FNOS. The van der Waals surface area contributed by atoms with Crippen molar-refractivity contribution in [3.8, 4) is 10.6 Å². The first-order valence-corrected chi connectivity index (χ1v) is 5.28. The molecule has 0 aliphatic carbocycles. The van der Waals surface area contributed by atoms with Gasteiger partial charge in [0, 0.05) is 17.9 Å². The molecule has 2 aromatic rings. The number of Topliss-reactive ketones (excluding diaryl/α,β-unsaturated/α-hetero) is 1. The highest BCUT2D eigenvalue weighted by atomic mass is 32.1.